The molecule has 2 heterocycles. The summed E-state index contributed by atoms with van der Waals surface area (Å²) in [5.41, 5.74) is 1.19. The zero-order valence-corrected chi connectivity index (χ0v) is 9.98. The molecule has 0 aliphatic carbocycles. The Bertz CT molecular complexity index is 340. The summed E-state index contributed by atoms with van der Waals surface area (Å²) in [6, 6.07) is 3.99. The quantitative estimate of drug-likeness (QED) is 0.786. The maximum atomic E-state index is 5.81. The van der Waals surface area contributed by atoms with E-state index in [1.54, 1.807) is 13.3 Å². The maximum Gasteiger partial charge on any atom is 0.213 e. The molecule has 0 saturated carbocycles. The number of ether oxygens (including phenoxy) is 2. The van der Waals surface area contributed by atoms with Gasteiger partial charge in [0.2, 0.25) is 5.88 Å². The topological polar surface area (TPSA) is 31.4 Å². The zero-order chi connectivity index (χ0) is 11.4. The van der Waals surface area contributed by atoms with Crippen molar-refractivity contribution in [2.24, 2.45) is 5.92 Å². The third kappa shape index (κ3) is 2.53. The van der Waals surface area contributed by atoms with Crippen LogP contribution < -0.4 is 4.74 Å². The van der Waals surface area contributed by atoms with Gasteiger partial charge in [0.05, 0.1) is 13.2 Å². The predicted octanol–water partition coefficient (Wildman–Crippen LogP) is 2.97. The minimum absolute atomic E-state index is 0.218. The highest BCUT2D eigenvalue weighted by Gasteiger charge is 2.23. The van der Waals surface area contributed by atoms with Gasteiger partial charge in [0.1, 0.15) is 0 Å². The number of hydrogen-bond acceptors (Lipinski definition) is 3. The lowest BCUT2D eigenvalue weighted by atomic mass is 9.90. The Morgan fingerprint density at radius 3 is 3.19 bits per heavy atom. The van der Waals surface area contributed by atoms with E-state index >= 15 is 0 Å². The number of hydrogen-bond donors (Lipinski definition) is 0. The van der Waals surface area contributed by atoms with Crippen LogP contribution in [-0.2, 0) is 4.74 Å². The first-order valence-electron chi connectivity index (χ1n) is 5.95. The molecule has 0 aromatic carbocycles. The largest absolute Gasteiger partial charge is 0.481 e. The maximum absolute atomic E-state index is 5.81. The summed E-state index contributed by atoms with van der Waals surface area (Å²) in [7, 11) is 1.64. The molecule has 1 aromatic rings. The highest BCUT2D eigenvalue weighted by molar-refractivity contribution is 5.23. The van der Waals surface area contributed by atoms with Gasteiger partial charge >= 0.3 is 0 Å². The lowest BCUT2D eigenvalue weighted by molar-refractivity contribution is -0.0112. The molecule has 1 saturated heterocycles. The van der Waals surface area contributed by atoms with Crippen molar-refractivity contribution in [2.45, 2.75) is 32.3 Å². The molecule has 88 valence electrons. The van der Waals surface area contributed by atoms with Gasteiger partial charge in [-0.2, -0.15) is 0 Å². The molecule has 3 heteroatoms. The van der Waals surface area contributed by atoms with Crippen LogP contribution in [0.5, 0.6) is 5.88 Å². The van der Waals surface area contributed by atoms with Crippen LogP contribution >= 0.6 is 0 Å². The van der Waals surface area contributed by atoms with Gasteiger partial charge in [-0.15, -0.1) is 0 Å². The van der Waals surface area contributed by atoms with E-state index < -0.39 is 0 Å². The summed E-state index contributed by atoms with van der Waals surface area (Å²) in [4.78, 5) is 4.11. The molecule has 2 atom stereocenters. The Balaban J connectivity index is 2.10. The average Bonchev–Trinajstić information content (AvgIpc) is 2.39. The van der Waals surface area contributed by atoms with Crippen molar-refractivity contribution >= 4 is 0 Å². The summed E-state index contributed by atoms with van der Waals surface area (Å²) >= 11 is 0. The van der Waals surface area contributed by atoms with E-state index in [1.807, 2.05) is 12.1 Å². The number of aromatic nitrogens is 1. The highest BCUT2D eigenvalue weighted by atomic mass is 16.5. The average molecular weight is 221 g/mol. The van der Waals surface area contributed by atoms with Crippen LogP contribution in [0.25, 0.3) is 0 Å². The normalized spacial score (nSPS) is 25.4. The van der Waals surface area contributed by atoms with Crippen LogP contribution in [0, 0.1) is 5.92 Å². The van der Waals surface area contributed by atoms with E-state index in [9.17, 15) is 0 Å². The Morgan fingerprint density at radius 2 is 2.44 bits per heavy atom. The molecule has 1 fully saturated rings. The van der Waals surface area contributed by atoms with Gasteiger partial charge in [-0.25, -0.2) is 4.98 Å². The molecule has 0 amide bonds. The van der Waals surface area contributed by atoms with Gasteiger partial charge in [-0.3, -0.25) is 0 Å². The van der Waals surface area contributed by atoms with Gasteiger partial charge < -0.3 is 9.47 Å². The number of methoxy groups -OCH3 is 1. The Labute approximate surface area is 96.8 Å². The molecule has 0 bridgehead atoms. The third-order valence-electron chi connectivity index (χ3n) is 3.31. The minimum atomic E-state index is 0.218. The molecule has 0 spiro atoms. The van der Waals surface area contributed by atoms with Crippen molar-refractivity contribution in [3.63, 3.8) is 0 Å². The van der Waals surface area contributed by atoms with Crippen molar-refractivity contribution in [1.82, 2.24) is 4.98 Å². The monoisotopic (exact) mass is 221 g/mol. The lowest BCUT2D eigenvalue weighted by Gasteiger charge is -2.29. The summed E-state index contributed by atoms with van der Waals surface area (Å²) in [5.74, 6) is 1.46. The fraction of sp³-hybridized carbons (Fsp3) is 0.615. The summed E-state index contributed by atoms with van der Waals surface area (Å²) in [5, 5.41) is 0. The van der Waals surface area contributed by atoms with Gasteiger partial charge in [0.15, 0.2) is 0 Å². The van der Waals surface area contributed by atoms with E-state index in [0.717, 1.165) is 18.9 Å². The van der Waals surface area contributed by atoms with Crippen LogP contribution in [0.3, 0.4) is 0 Å². The Morgan fingerprint density at radius 1 is 1.56 bits per heavy atom. The second-order valence-electron chi connectivity index (χ2n) is 4.29. The molecule has 1 aliphatic rings. The zero-order valence-electron chi connectivity index (χ0n) is 9.98. The number of pyridine rings is 1. The van der Waals surface area contributed by atoms with E-state index in [4.69, 9.17) is 9.47 Å². The van der Waals surface area contributed by atoms with Crippen molar-refractivity contribution in [3.8, 4) is 5.88 Å². The van der Waals surface area contributed by atoms with E-state index in [-0.39, 0.29) is 6.10 Å². The first-order valence-corrected chi connectivity index (χ1v) is 5.95. The lowest BCUT2D eigenvalue weighted by Crippen LogP contribution is -2.19. The summed E-state index contributed by atoms with van der Waals surface area (Å²) in [6.07, 6.45) is 5.55. The van der Waals surface area contributed by atoms with Crippen LogP contribution in [0.1, 0.15) is 37.9 Å². The molecule has 0 unspecified atom stereocenters. The highest BCUT2D eigenvalue weighted by Crippen LogP contribution is 2.33. The second kappa shape index (κ2) is 5.30. The van der Waals surface area contributed by atoms with Crippen molar-refractivity contribution < 1.29 is 9.47 Å². The molecule has 0 radical (unpaired) electrons. The fourth-order valence-corrected chi connectivity index (χ4v) is 2.21. The predicted molar refractivity (Wildman–Crippen MR) is 62.5 cm³/mol. The molecular formula is C13H19NO2. The molecule has 1 aliphatic heterocycles. The van der Waals surface area contributed by atoms with Gasteiger partial charge in [0, 0.05) is 18.9 Å². The fourth-order valence-electron chi connectivity index (χ4n) is 2.21. The van der Waals surface area contributed by atoms with Crippen molar-refractivity contribution in [3.05, 3.63) is 23.9 Å². The van der Waals surface area contributed by atoms with E-state index in [1.165, 1.54) is 18.4 Å². The van der Waals surface area contributed by atoms with Gasteiger partial charge in [-0.05, 0) is 30.4 Å². The molecule has 1 aromatic heterocycles. The molecule has 0 N–H and O–H groups in total. The second-order valence-corrected chi connectivity index (χ2v) is 4.29. The minimum Gasteiger partial charge on any atom is -0.481 e. The van der Waals surface area contributed by atoms with Crippen molar-refractivity contribution in [2.75, 3.05) is 13.7 Å². The molecule has 3 nitrogen and oxygen atoms in total. The molecular weight excluding hydrogens is 202 g/mol. The first kappa shape index (κ1) is 11.4. The van der Waals surface area contributed by atoms with E-state index in [2.05, 4.69) is 11.9 Å². The number of rotatable bonds is 3. The van der Waals surface area contributed by atoms with Crippen molar-refractivity contribution in [1.29, 1.82) is 0 Å². The van der Waals surface area contributed by atoms with Crippen LogP contribution in [-0.4, -0.2) is 18.7 Å². The van der Waals surface area contributed by atoms with Gasteiger partial charge in [-0.1, -0.05) is 13.3 Å². The van der Waals surface area contributed by atoms with Crippen LogP contribution in [0.4, 0.5) is 0 Å². The Kier molecular flexibility index (Phi) is 3.78. The van der Waals surface area contributed by atoms with Crippen LogP contribution in [0.2, 0.25) is 0 Å². The summed E-state index contributed by atoms with van der Waals surface area (Å²) < 4.78 is 10.9. The van der Waals surface area contributed by atoms with Gasteiger partial charge in [0.25, 0.3) is 0 Å². The smallest absolute Gasteiger partial charge is 0.213 e. The standard InChI is InChI=1S/C13H19NO2/c1-3-10-5-7-16-12(8-10)11-4-6-14-13(9-11)15-2/h4,6,9-10,12H,3,5,7-8H2,1-2H3/t10-,12+/m1/s1. The molecule has 2 rings (SSSR count). The third-order valence-corrected chi connectivity index (χ3v) is 3.31. The Hall–Kier alpha value is -1.09. The summed E-state index contributed by atoms with van der Waals surface area (Å²) in [6.45, 7) is 3.12. The number of nitrogens with zero attached hydrogens (tertiary/aromatic N) is 1. The SMILES string of the molecule is CC[C@@H]1CCO[C@H](c2ccnc(OC)c2)C1. The van der Waals surface area contributed by atoms with E-state index in [0.29, 0.717) is 5.88 Å². The first-order chi connectivity index (χ1) is 7.83. The molecule has 16 heavy (non-hydrogen) atoms. The van der Waals surface area contributed by atoms with Crippen LogP contribution in [0.15, 0.2) is 18.3 Å².